The molecule has 1 amide bonds. The number of hydrogen-bond donors (Lipinski definition) is 1. The topological polar surface area (TPSA) is 92.8 Å². The number of anilines is 1. The molecule has 3 aromatic rings. The van der Waals surface area contributed by atoms with Gasteiger partial charge in [-0.15, -0.1) is 0 Å². The quantitative estimate of drug-likeness (QED) is 0.522. The summed E-state index contributed by atoms with van der Waals surface area (Å²) in [6.07, 6.45) is 0.613. The summed E-state index contributed by atoms with van der Waals surface area (Å²) in [5, 5.41) is 2.55. The number of ether oxygens (including phenoxy) is 1. The van der Waals surface area contributed by atoms with E-state index in [4.69, 9.17) is 4.74 Å². The monoisotopic (exact) mass is 482 g/mol. The highest BCUT2D eigenvalue weighted by Crippen LogP contribution is 2.32. The van der Waals surface area contributed by atoms with Crippen LogP contribution in [0.1, 0.15) is 27.0 Å². The fourth-order valence-corrected chi connectivity index (χ4v) is 5.23. The Bertz CT molecular complexity index is 1360. The first-order valence-electron chi connectivity index (χ1n) is 10.7. The Morgan fingerprint density at radius 2 is 1.85 bits per heavy atom. The molecule has 0 aliphatic carbocycles. The van der Waals surface area contributed by atoms with Gasteiger partial charge in [-0.25, -0.2) is 17.6 Å². The first-order valence-corrected chi connectivity index (χ1v) is 12.1. The Morgan fingerprint density at radius 1 is 1.06 bits per heavy atom. The molecule has 0 radical (unpaired) electrons. The number of para-hydroxylation sites is 1. The van der Waals surface area contributed by atoms with Crippen LogP contribution in [0.5, 0.6) is 0 Å². The van der Waals surface area contributed by atoms with Gasteiger partial charge in [-0.1, -0.05) is 36.4 Å². The van der Waals surface area contributed by atoms with Crippen molar-refractivity contribution in [1.82, 2.24) is 5.32 Å². The third kappa shape index (κ3) is 4.94. The van der Waals surface area contributed by atoms with E-state index in [0.717, 1.165) is 5.56 Å². The minimum Gasteiger partial charge on any atom is -0.452 e. The maximum atomic E-state index is 13.6. The predicted octanol–water partition coefficient (Wildman–Crippen LogP) is 3.36. The number of amides is 1. The van der Waals surface area contributed by atoms with Crippen molar-refractivity contribution in [2.45, 2.75) is 24.8 Å². The Kier molecular flexibility index (Phi) is 6.65. The Labute approximate surface area is 197 Å². The second-order valence-corrected chi connectivity index (χ2v) is 9.78. The molecule has 0 unspecified atom stereocenters. The normalized spacial score (nSPS) is 12.8. The van der Waals surface area contributed by atoms with Crippen molar-refractivity contribution < 1.29 is 27.1 Å². The van der Waals surface area contributed by atoms with Crippen LogP contribution in [0.25, 0.3) is 0 Å². The molecule has 0 spiro atoms. The largest absolute Gasteiger partial charge is 0.452 e. The molecule has 0 saturated carbocycles. The number of halogens is 1. The van der Waals surface area contributed by atoms with E-state index < -0.39 is 28.5 Å². The molecule has 9 heteroatoms. The molecule has 0 saturated heterocycles. The lowest BCUT2D eigenvalue weighted by Crippen LogP contribution is -2.29. The summed E-state index contributed by atoms with van der Waals surface area (Å²) in [5.41, 5.74) is 2.66. The molecule has 1 N–H and O–H groups in total. The fourth-order valence-electron chi connectivity index (χ4n) is 3.68. The summed E-state index contributed by atoms with van der Waals surface area (Å²) in [6, 6.07) is 17.4. The molecule has 7 nitrogen and oxygen atoms in total. The van der Waals surface area contributed by atoms with Gasteiger partial charge in [0.1, 0.15) is 5.82 Å². The number of carbonyl (C=O) groups excluding carboxylic acids is 2. The molecule has 0 atom stereocenters. The lowest BCUT2D eigenvalue weighted by Gasteiger charge is -2.19. The smallest absolute Gasteiger partial charge is 0.338 e. The summed E-state index contributed by atoms with van der Waals surface area (Å²) < 4.78 is 46.3. The average molecular weight is 483 g/mol. The molecule has 1 heterocycles. The molecule has 4 rings (SSSR count). The van der Waals surface area contributed by atoms with Crippen LogP contribution in [0.2, 0.25) is 0 Å². The zero-order chi connectivity index (χ0) is 24.3. The lowest BCUT2D eigenvalue weighted by molar-refractivity contribution is -0.124. The molecule has 34 heavy (non-hydrogen) atoms. The zero-order valence-electron chi connectivity index (χ0n) is 18.5. The summed E-state index contributed by atoms with van der Waals surface area (Å²) in [5.74, 6) is -1.76. The minimum absolute atomic E-state index is 0.0157. The maximum absolute atomic E-state index is 13.6. The summed E-state index contributed by atoms with van der Waals surface area (Å²) in [4.78, 5) is 24.4. The van der Waals surface area contributed by atoms with Crippen LogP contribution in [-0.4, -0.2) is 33.4 Å². The second-order valence-electron chi connectivity index (χ2n) is 7.92. The maximum Gasteiger partial charge on any atom is 0.338 e. The van der Waals surface area contributed by atoms with Gasteiger partial charge in [-0.05, 0) is 60.4 Å². The van der Waals surface area contributed by atoms with Crippen LogP contribution in [-0.2, 0) is 32.5 Å². The van der Waals surface area contributed by atoms with Crippen molar-refractivity contribution in [3.05, 3.63) is 94.8 Å². The summed E-state index contributed by atoms with van der Waals surface area (Å²) in [7, 11) is -3.87. The highest BCUT2D eigenvalue weighted by molar-refractivity contribution is 7.92. The number of fused-ring (bicyclic) bond motifs is 1. The van der Waals surface area contributed by atoms with E-state index in [1.165, 1.54) is 34.6 Å². The van der Waals surface area contributed by atoms with Crippen LogP contribution in [0.4, 0.5) is 10.1 Å². The first-order chi connectivity index (χ1) is 16.3. The Hall–Kier alpha value is -3.72. The van der Waals surface area contributed by atoms with Crippen LogP contribution < -0.4 is 9.62 Å². The van der Waals surface area contributed by atoms with Crippen molar-refractivity contribution >= 4 is 27.6 Å². The second kappa shape index (κ2) is 9.64. The molecule has 3 aromatic carbocycles. The van der Waals surface area contributed by atoms with Gasteiger partial charge < -0.3 is 10.1 Å². The van der Waals surface area contributed by atoms with Crippen LogP contribution in [0.15, 0.2) is 71.6 Å². The van der Waals surface area contributed by atoms with Gasteiger partial charge in [0.05, 0.1) is 16.1 Å². The molecule has 1 aliphatic rings. The van der Waals surface area contributed by atoms with E-state index in [1.54, 1.807) is 31.2 Å². The van der Waals surface area contributed by atoms with Gasteiger partial charge in [0, 0.05) is 13.1 Å². The minimum atomic E-state index is -3.87. The number of benzene rings is 3. The third-order valence-electron chi connectivity index (χ3n) is 5.56. The van der Waals surface area contributed by atoms with Gasteiger partial charge in [-0.3, -0.25) is 9.10 Å². The van der Waals surface area contributed by atoms with Gasteiger partial charge in [0.25, 0.3) is 15.9 Å². The standard InChI is InChI=1S/C25H23FN2O5S/c1-17-9-10-18(13-22(17)26)15-27-24(29)16-33-25(30)20-6-4-7-21(14-20)34(31,32)28-12-11-19-5-2-3-8-23(19)28/h2-10,13-14H,11-12,15-16H2,1H3,(H,27,29). The van der Waals surface area contributed by atoms with Crippen molar-refractivity contribution in [1.29, 1.82) is 0 Å². The summed E-state index contributed by atoms with van der Waals surface area (Å²) >= 11 is 0. The number of esters is 1. The van der Waals surface area contributed by atoms with Crippen LogP contribution in [0, 0.1) is 12.7 Å². The average Bonchev–Trinajstić information content (AvgIpc) is 3.28. The molecule has 1 aliphatic heterocycles. The van der Waals surface area contributed by atoms with E-state index >= 15 is 0 Å². The van der Waals surface area contributed by atoms with E-state index in [9.17, 15) is 22.4 Å². The molecule has 176 valence electrons. The molecular weight excluding hydrogens is 459 g/mol. The molecular formula is C25H23FN2O5S. The van der Waals surface area contributed by atoms with E-state index in [1.807, 2.05) is 12.1 Å². The van der Waals surface area contributed by atoms with E-state index in [2.05, 4.69) is 5.32 Å². The van der Waals surface area contributed by atoms with Crippen LogP contribution in [0.3, 0.4) is 0 Å². The number of nitrogens with one attached hydrogen (secondary N) is 1. The van der Waals surface area contributed by atoms with Gasteiger partial charge in [-0.2, -0.15) is 0 Å². The van der Waals surface area contributed by atoms with Gasteiger partial charge in [0.15, 0.2) is 6.61 Å². The van der Waals surface area contributed by atoms with Crippen molar-refractivity contribution in [2.24, 2.45) is 0 Å². The van der Waals surface area contributed by atoms with Gasteiger partial charge in [0.2, 0.25) is 0 Å². The highest BCUT2D eigenvalue weighted by atomic mass is 32.2. The number of sulfonamides is 1. The number of carbonyl (C=O) groups is 2. The number of aryl methyl sites for hydroxylation is 1. The third-order valence-corrected chi connectivity index (χ3v) is 7.37. The van der Waals surface area contributed by atoms with E-state index in [-0.39, 0.29) is 22.8 Å². The lowest BCUT2D eigenvalue weighted by atomic mass is 10.1. The first kappa shape index (κ1) is 23.4. The summed E-state index contributed by atoms with van der Waals surface area (Å²) in [6.45, 7) is 1.49. The SMILES string of the molecule is Cc1ccc(CNC(=O)COC(=O)c2cccc(S(=O)(=O)N3CCc4ccccc43)c2)cc1F. The number of hydrogen-bond acceptors (Lipinski definition) is 5. The van der Waals surface area contributed by atoms with Crippen molar-refractivity contribution in [3.8, 4) is 0 Å². The van der Waals surface area contributed by atoms with E-state index in [0.29, 0.717) is 29.8 Å². The van der Waals surface area contributed by atoms with Crippen molar-refractivity contribution in [3.63, 3.8) is 0 Å². The fraction of sp³-hybridized carbons (Fsp3) is 0.200. The Morgan fingerprint density at radius 3 is 2.65 bits per heavy atom. The number of nitrogens with zero attached hydrogens (tertiary/aromatic N) is 1. The van der Waals surface area contributed by atoms with Crippen molar-refractivity contribution in [2.75, 3.05) is 17.5 Å². The van der Waals surface area contributed by atoms with Crippen LogP contribution >= 0.6 is 0 Å². The zero-order valence-corrected chi connectivity index (χ0v) is 19.3. The predicted molar refractivity (Wildman–Crippen MR) is 124 cm³/mol. The molecule has 0 aromatic heterocycles. The highest BCUT2D eigenvalue weighted by Gasteiger charge is 2.31. The number of rotatable bonds is 7. The Balaban J connectivity index is 1.38. The molecule has 0 fully saturated rings. The van der Waals surface area contributed by atoms with Gasteiger partial charge >= 0.3 is 5.97 Å². The molecule has 0 bridgehead atoms.